The first-order chi connectivity index (χ1) is 13.3. The summed E-state index contributed by atoms with van der Waals surface area (Å²) >= 11 is 0. The van der Waals surface area contributed by atoms with Gasteiger partial charge in [0.25, 0.3) is 0 Å². The second kappa shape index (κ2) is 6.68. The van der Waals surface area contributed by atoms with Gasteiger partial charge < -0.3 is 14.6 Å². The summed E-state index contributed by atoms with van der Waals surface area (Å²) in [5.74, 6) is 1.93. The Kier molecular flexibility index (Phi) is 4.03. The van der Waals surface area contributed by atoms with E-state index < -0.39 is 0 Å². The monoisotopic (exact) mass is 361 g/mol. The van der Waals surface area contributed by atoms with Gasteiger partial charge in [-0.05, 0) is 49.3 Å². The lowest BCUT2D eigenvalue weighted by molar-refractivity contribution is 0.285. The Morgan fingerprint density at radius 2 is 2.15 bits per heavy atom. The van der Waals surface area contributed by atoms with Crippen LogP contribution in [0.2, 0.25) is 0 Å². The van der Waals surface area contributed by atoms with Gasteiger partial charge in [-0.1, -0.05) is 18.7 Å². The second-order valence-corrected chi connectivity index (χ2v) is 7.34. The van der Waals surface area contributed by atoms with Crippen LogP contribution in [0.3, 0.4) is 0 Å². The fourth-order valence-corrected chi connectivity index (χ4v) is 4.35. The lowest BCUT2D eigenvalue weighted by atomic mass is 9.88. The number of aromatic nitrogens is 4. The first kappa shape index (κ1) is 16.3. The Labute approximate surface area is 158 Å². The number of allylic oxidation sites excluding steroid dienone is 1. The first-order valence-corrected chi connectivity index (χ1v) is 9.65. The number of fused-ring (bicyclic) bond motifs is 2. The molecule has 6 nitrogen and oxygen atoms in total. The Morgan fingerprint density at radius 1 is 1.19 bits per heavy atom. The number of nitrogens with zero attached hydrogens (tertiary/aromatic N) is 4. The van der Waals surface area contributed by atoms with Gasteiger partial charge in [-0.2, -0.15) is 0 Å². The van der Waals surface area contributed by atoms with E-state index in [1.165, 1.54) is 16.7 Å². The molecule has 138 valence electrons. The molecule has 1 fully saturated rings. The zero-order chi connectivity index (χ0) is 18.2. The number of aromatic amines is 1. The topological polar surface area (TPSA) is 66.9 Å². The Bertz CT molecular complexity index is 995. The van der Waals surface area contributed by atoms with Crippen LogP contribution in [0.4, 0.5) is 5.82 Å². The van der Waals surface area contributed by atoms with E-state index in [0.29, 0.717) is 18.3 Å². The third-order valence-electron chi connectivity index (χ3n) is 5.70. The van der Waals surface area contributed by atoms with Crippen LogP contribution < -0.4 is 9.64 Å². The van der Waals surface area contributed by atoms with Crippen LogP contribution >= 0.6 is 0 Å². The maximum Gasteiger partial charge on any atom is 0.182 e. The Morgan fingerprint density at radius 3 is 3.11 bits per heavy atom. The largest absolute Gasteiger partial charge is 0.491 e. The molecule has 1 saturated heterocycles. The fraction of sp³-hybridized carbons (Fsp3) is 0.381. The smallest absolute Gasteiger partial charge is 0.182 e. The Balaban J connectivity index is 1.38. The lowest BCUT2D eigenvalue weighted by Gasteiger charge is -2.27. The molecule has 0 amide bonds. The van der Waals surface area contributed by atoms with E-state index in [4.69, 9.17) is 4.74 Å². The highest BCUT2D eigenvalue weighted by Crippen LogP contribution is 2.36. The quantitative estimate of drug-likeness (QED) is 0.766. The van der Waals surface area contributed by atoms with E-state index in [1.807, 2.05) is 0 Å². The van der Waals surface area contributed by atoms with Crippen LogP contribution in [0, 0.1) is 0 Å². The number of nitrogens with one attached hydrogen (secondary N) is 1. The van der Waals surface area contributed by atoms with Crippen molar-refractivity contribution in [3.8, 4) is 5.75 Å². The summed E-state index contributed by atoms with van der Waals surface area (Å²) in [5.41, 5.74) is 5.43. The summed E-state index contributed by atoms with van der Waals surface area (Å²) in [7, 11) is 0. The number of hydrogen-bond donors (Lipinski definition) is 1. The highest BCUT2D eigenvalue weighted by molar-refractivity contribution is 5.83. The average Bonchev–Trinajstić information content (AvgIpc) is 3.36. The molecule has 1 unspecified atom stereocenters. The number of imidazole rings is 1. The van der Waals surface area contributed by atoms with E-state index in [1.54, 1.807) is 12.7 Å². The van der Waals surface area contributed by atoms with Crippen LogP contribution in [0.25, 0.3) is 16.7 Å². The number of ether oxygens (including phenoxy) is 1. The van der Waals surface area contributed by atoms with Crippen LogP contribution in [-0.2, 0) is 6.42 Å². The average molecular weight is 361 g/mol. The minimum absolute atomic E-state index is 0.300. The van der Waals surface area contributed by atoms with Crippen LogP contribution in [0.5, 0.6) is 5.75 Å². The van der Waals surface area contributed by atoms with Crippen molar-refractivity contribution >= 4 is 22.6 Å². The molecule has 1 aromatic carbocycles. The number of benzene rings is 1. The van der Waals surface area contributed by atoms with Gasteiger partial charge in [0.15, 0.2) is 11.5 Å². The Hall–Kier alpha value is -2.89. The third kappa shape index (κ3) is 2.85. The van der Waals surface area contributed by atoms with Gasteiger partial charge in [-0.25, -0.2) is 15.0 Å². The van der Waals surface area contributed by atoms with E-state index in [9.17, 15) is 0 Å². The molecule has 6 heteroatoms. The summed E-state index contributed by atoms with van der Waals surface area (Å²) in [6.45, 7) is 5.85. The van der Waals surface area contributed by atoms with Crippen molar-refractivity contribution in [2.24, 2.45) is 0 Å². The van der Waals surface area contributed by atoms with Crippen molar-refractivity contribution in [2.45, 2.75) is 38.1 Å². The standard InChI is InChI=1S/C21H23N5O/c1-14-5-2-8-17-16(14)7-3-9-18(17)27-11-15-6-4-10-26(15)21-19-20(23-12-22-19)24-13-25-21/h3,7,9,12-13,15H,1-2,4-6,8,10-11H2,(H,22,23,24,25). The SMILES string of the molecule is C=C1CCCc2c(OCC3CCCN3c3ncnc4nc[nH]c34)cccc21. The van der Waals surface area contributed by atoms with Crippen molar-refractivity contribution in [1.82, 2.24) is 19.9 Å². The summed E-state index contributed by atoms with van der Waals surface area (Å²) in [6.07, 6.45) is 8.81. The molecule has 1 aliphatic heterocycles. The molecule has 1 aliphatic carbocycles. The van der Waals surface area contributed by atoms with Crippen molar-refractivity contribution in [2.75, 3.05) is 18.1 Å². The van der Waals surface area contributed by atoms with Crippen molar-refractivity contribution < 1.29 is 4.74 Å². The van der Waals surface area contributed by atoms with Gasteiger partial charge in [0.05, 0.1) is 12.4 Å². The van der Waals surface area contributed by atoms with Crippen LogP contribution in [0.15, 0.2) is 37.4 Å². The van der Waals surface area contributed by atoms with Gasteiger partial charge in [0, 0.05) is 12.1 Å². The molecule has 1 N–H and O–H groups in total. The summed E-state index contributed by atoms with van der Waals surface area (Å²) < 4.78 is 6.33. The van der Waals surface area contributed by atoms with Gasteiger partial charge >= 0.3 is 0 Å². The predicted octanol–water partition coefficient (Wildman–Crippen LogP) is 3.75. The third-order valence-corrected chi connectivity index (χ3v) is 5.70. The summed E-state index contributed by atoms with van der Waals surface area (Å²) in [6, 6.07) is 6.64. The molecule has 0 radical (unpaired) electrons. The van der Waals surface area contributed by atoms with Crippen LogP contribution in [0.1, 0.15) is 36.8 Å². The fourth-order valence-electron chi connectivity index (χ4n) is 4.35. The molecule has 1 atom stereocenters. The molecule has 0 bridgehead atoms. The molecule has 5 rings (SSSR count). The maximum atomic E-state index is 6.33. The van der Waals surface area contributed by atoms with Gasteiger partial charge in [-0.15, -0.1) is 0 Å². The summed E-state index contributed by atoms with van der Waals surface area (Å²) in [4.78, 5) is 18.5. The molecular weight excluding hydrogens is 338 g/mol. The molecule has 0 saturated carbocycles. The van der Waals surface area contributed by atoms with Gasteiger partial charge in [0.1, 0.15) is 24.2 Å². The molecular formula is C21H23N5O. The molecule has 2 aliphatic rings. The van der Waals surface area contributed by atoms with E-state index in [0.717, 1.165) is 55.7 Å². The lowest BCUT2D eigenvalue weighted by Crippen LogP contribution is -2.35. The van der Waals surface area contributed by atoms with Crippen molar-refractivity contribution in [3.63, 3.8) is 0 Å². The first-order valence-electron chi connectivity index (χ1n) is 9.65. The highest BCUT2D eigenvalue weighted by Gasteiger charge is 2.29. The molecule has 3 aromatic rings. The van der Waals surface area contributed by atoms with Crippen molar-refractivity contribution in [1.29, 1.82) is 0 Å². The van der Waals surface area contributed by atoms with Gasteiger partial charge in [-0.3, -0.25) is 0 Å². The molecule has 0 spiro atoms. The van der Waals surface area contributed by atoms with E-state index >= 15 is 0 Å². The van der Waals surface area contributed by atoms with E-state index in [2.05, 4.69) is 49.6 Å². The van der Waals surface area contributed by atoms with Gasteiger partial charge in [0.2, 0.25) is 0 Å². The minimum atomic E-state index is 0.300. The molecule has 3 heterocycles. The number of H-pyrrole nitrogens is 1. The summed E-state index contributed by atoms with van der Waals surface area (Å²) in [5, 5.41) is 0. The zero-order valence-corrected chi connectivity index (χ0v) is 15.3. The maximum absolute atomic E-state index is 6.33. The molecule has 27 heavy (non-hydrogen) atoms. The number of anilines is 1. The molecule has 2 aromatic heterocycles. The number of hydrogen-bond acceptors (Lipinski definition) is 5. The van der Waals surface area contributed by atoms with Crippen LogP contribution in [-0.4, -0.2) is 39.1 Å². The normalized spacial score (nSPS) is 19.5. The predicted molar refractivity (Wildman–Crippen MR) is 106 cm³/mol. The second-order valence-electron chi connectivity index (χ2n) is 7.34. The highest BCUT2D eigenvalue weighted by atomic mass is 16.5. The zero-order valence-electron chi connectivity index (χ0n) is 15.3. The minimum Gasteiger partial charge on any atom is -0.491 e. The number of rotatable bonds is 4. The van der Waals surface area contributed by atoms with E-state index in [-0.39, 0.29) is 0 Å². The van der Waals surface area contributed by atoms with Crippen molar-refractivity contribution in [3.05, 3.63) is 48.6 Å².